The van der Waals surface area contributed by atoms with E-state index in [4.69, 9.17) is 4.74 Å². The number of halogens is 1. The maximum atomic E-state index is 13.8. The average molecular weight is 431 g/mol. The molecule has 0 radical (unpaired) electrons. The van der Waals surface area contributed by atoms with Crippen molar-refractivity contribution in [3.05, 3.63) is 100 Å². The molecule has 3 aromatic carbocycles. The highest BCUT2D eigenvalue weighted by atomic mass is 32.1. The predicted octanol–water partition coefficient (Wildman–Crippen LogP) is 6.21. The van der Waals surface area contributed by atoms with E-state index in [0.717, 1.165) is 32.8 Å². The Hall–Kier alpha value is -3.51. The monoisotopic (exact) mass is 430 g/mol. The van der Waals surface area contributed by atoms with Crippen LogP contribution in [0.5, 0.6) is 11.5 Å². The van der Waals surface area contributed by atoms with Gasteiger partial charge in [0.2, 0.25) is 0 Å². The number of fused-ring (bicyclic) bond motifs is 1. The molecule has 6 heteroatoms. The van der Waals surface area contributed by atoms with Crippen LogP contribution in [0.25, 0.3) is 10.6 Å². The molecular formula is C25H19FN2O2S. The number of hydrogen-bond donors (Lipinski definition) is 0. The minimum absolute atomic E-state index is 0.0462. The Morgan fingerprint density at radius 1 is 1.13 bits per heavy atom. The minimum atomic E-state index is -0.403. The van der Waals surface area contributed by atoms with E-state index in [0.29, 0.717) is 18.8 Å². The van der Waals surface area contributed by atoms with Crippen LogP contribution < -0.4 is 4.74 Å². The van der Waals surface area contributed by atoms with Crippen LogP contribution in [0.15, 0.2) is 72.2 Å². The fraction of sp³-hybridized carbons (Fsp3) is 0.120. The van der Waals surface area contributed by atoms with Crippen LogP contribution in [-0.2, 0) is 13.1 Å². The molecule has 0 bridgehead atoms. The van der Waals surface area contributed by atoms with Crippen LogP contribution in [0.4, 0.5) is 4.39 Å². The van der Waals surface area contributed by atoms with Crippen molar-refractivity contribution in [1.82, 2.24) is 9.88 Å². The molecule has 4 nitrogen and oxygen atoms in total. The van der Waals surface area contributed by atoms with Crippen LogP contribution >= 0.6 is 11.3 Å². The lowest BCUT2D eigenvalue weighted by Gasteiger charge is -2.16. The van der Waals surface area contributed by atoms with E-state index < -0.39 is 5.82 Å². The number of hydrogen-bond acceptors (Lipinski definition) is 4. The van der Waals surface area contributed by atoms with Gasteiger partial charge in [0.1, 0.15) is 10.8 Å². The summed E-state index contributed by atoms with van der Waals surface area (Å²) in [5, 5.41) is 2.91. The van der Waals surface area contributed by atoms with E-state index in [9.17, 15) is 9.18 Å². The molecular weight excluding hydrogens is 411 g/mol. The van der Waals surface area contributed by atoms with Gasteiger partial charge in [-0.1, -0.05) is 24.3 Å². The molecule has 1 aliphatic rings. The molecule has 0 unspecified atom stereocenters. The third-order valence-corrected chi connectivity index (χ3v) is 6.14. The normalized spacial score (nSPS) is 12.8. The summed E-state index contributed by atoms with van der Waals surface area (Å²) >= 11 is 1.59. The van der Waals surface area contributed by atoms with Crippen LogP contribution in [0.1, 0.15) is 27.0 Å². The Morgan fingerprint density at radius 2 is 1.94 bits per heavy atom. The van der Waals surface area contributed by atoms with Gasteiger partial charge in [0.05, 0.1) is 0 Å². The molecule has 0 atom stereocenters. The number of ether oxygens (including phenoxy) is 1. The fourth-order valence-electron chi connectivity index (χ4n) is 3.88. The molecule has 154 valence electrons. The first-order valence-electron chi connectivity index (χ1n) is 9.92. The molecule has 4 aromatic rings. The summed E-state index contributed by atoms with van der Waals surface area (Å²) in [6.45, 7) is 3.05. The lowest BCUT2D eigenvalue weighted by molar-refractivity contribution is 0.0766. The van der Waals surface area contributed by atoms with Gasteiger partial charge in [-0.3, -0.25) is 4.79 Å². The Morgan fingerprint density at radius 3 is 2.68 bits per heavy atom. The van der Waals surface area contributed by atoms with Crippen molar-refractivity contribution in [3.63, 3.8) is 0 Å². The summed E-state index contributed by atoms with van der Waals surface area (Å²) in [5.41, 5.74) is 4.84. The van der Waals surface area contributed by atoms with Crippen LogP contribution in [-0.4, -0.2) is 15.8 Å². The minimum Gasteiger partial charge on any atom is -0.454 e. The van der Waals surface area contributed by atoms with Crippen molar-refractivity contribution in [1.29, 1.82) is 0 Å². The summed E-state index contributed by atoms with van der Waals surface area (Å²) < 4.78 is 19.4. The third kappa shape index (κ3) is 3.82. The molecule has 0 fully saturated rings. The number of carbonyl (C=O) groups excluding carboxylic acids is 1. The number of aryl methyl sites for hydroxylation is 1. The first kappa shape index (κ1) is 19.5. The van der Waals surface area contributed by atoms with E-state index in [1.54, 1.807) is 47.9 Å². The number of rotatable bonds is 5. The largest absolute Gasteiger partial charge is 0.454 e. The quantitative estimate of drug-likeness (QED) is 0.378. The zero-order chi connectivity index (χ0) is 21.4. The van der Waals surface area contributed by atoms with Gasteiger partial charge in [-0.25, -0.2) is 9.37 Å². The van der Waals surface area contributed by atoms with Gasteiger partial charge in [0.15, 0.2) is 11.6 Å². The summed E-state index contributed by atoms with van der Waals surface area (Å²) in [7, 11) is 0. The molecule has 0 saturated heterocycles. The van der Waals surface area contributed by atoms with E-state index in [2.05, 4.69) is 11.1 Å². The Labute approximate surface area is 183 Å². The third-order valence-electron chi connectivity index (χ3n) is 5.32. The summed E-state index contributed by atoms with van der Waals surface area (Å²) in [4.78, 5) is 19.2. The number of aromatic nitrogens is 1. The molecule has 0 N–H and O–H groups in total. The molecule has 1 aliphatic heterocycles. The van der Waals surface area contributed by atoms with E-state index in [1.807, 2.05) is 35.4 Å². The van der Waals surface area contributed by atoms with Gasteiger partial charge in [-0.15, -0.1) is 11.3 Å². The lowest BCUT2D eigenvalue weighted by Crippen LogP contribution is -2.23. The lowest BCUT2D eigenvalue weighted by atomic mass is 10.0. The maximum absolute atomic E-state index is 13.8. The van der Waals surface area contributed by atoms with E-state index in [-0.39, 0.29) is 11.7 Å². The van der Waals surface area contributed by atoms with Crippen molar-refractivity contribution in [3.8, 4) is 22.1 Å². The van der Waals surface area contributed by atoms with Crippen molar-refractivity contribution >= 4 is 17.2 Å². The highest BCUT2D eigenvalue weighted by molar-refractivity contribution is 7.13. The smallest absolute Gasteiger partial charge is 0.255 e. The van der Waals surface area contributed by atoms with E-state index >= 15 is 0 Å². The number of nitrogens with zero attached hydrogens (tertiary/aromatic N) is 2. The summed E-state index contributed by atoms with van der Waals surface area (Å²) in [6, 6.07) is 17.8. The Kier molecular flexibility index (Phi) is 5.00. The van der Waals surface area contributed by atoms with Crippen LogP contribution in [0.2, 0.25) is 0 Å². The number of thiazole rings is 1. The molecule has 5 rings (SSSR count). The molecule has 1 amide bonds. The topological polar surface area (TPSA) is 42.4 Å². The van der Waals surface area contributed by atoms with Gasteiger partial charge < -0.3 is 9.64 Å². The summed E-state index contributed by atoms with van der Waals surface area (Å²) in [6.07, 6.45) is 1.79. The number of benzene rings is 3. The Balaban J connectivity index is 1.32. The number of para-hydroxylation sites is 1. The molecule has 0 aliphatic carbocycles. The van der Waals surface area contributed by atoms with Crippen LogP contribution in [0, 0.1) is 12.7 Å². The van der Waals surface area contributed by atoms with Gasteiger partial charge >= 0.3 is 0 Å². The van der Waals surface area contributed by atoms with Gasteiger partial charge in [0.25, 0.3) is 5.91 Å². The zero-order valence-corrected chi connectivity index (χ0v) is 17.7. The number of amides is 1. The average Bonchev–Trinajstić information content (AvgIpc) is 3.40. The van der Waals surface area contributed by atoms with Crippen molar-refractivity contribution in [2.75, 3.05) is 0 Å². The molecule has 2 heterocycles. The molecule has 31 heavy (non-hydrogen) atoms. The van der Waals surface area contributed by atoms with Gasteiger partial charge in [-0.05, 0) is 60.0 Å². The Bertz CT molecular complexity index is 1250. The van der Waals surface area contributed by atoms with Gasteiger partial charge in [-0.2, -0.15) is 0 Å². The standard InChI is InChI=1S/C25H19FN2O2S/c1-16-12-18(24-27-10-11-31-24)13-19-15-28(25(29)23(16)19)14-17-6-8-20(9-7-17)30-22-5-3-2-4-21(22)26/h2-13H,14-15H2,1H3. The SMILES string of the molecule is Cc1cc(-c2nccs2)cc2c1C(=O)N(Cc1ccc(Oc3ccccc3F)cc1)C2. The first-order valence-corrected chi connectivity index (χ1v) is 10.8. The van der Waals surface area contributed by atoms with Crippen molar-refractivity contribution in [2.24, 2.45) is 0 Å². The molecule has 0 saturated carbocycles. The maximum Gasteiger partial charge on any atom is 0.255 e. The van der Waals surface area contributed by atoms with Crippen LogP contribution in [0.3, 0.4) is 0 Å². The molecule has 1 aromatic heterocycles. The summed E-state index contributed by atoms with van der Waals surface area (Å²) in [5.74, 6) is 0.380. The predicted molar refractivity (Wildman–Crippen MR) is 119 cm³/mol. The first-order chi connectivity index (χ1) is 15.1. The second-order valence-electron chi connectivity index (χ2n) is 7.50. The fourth-order valence-corrected chi connectivity index (χ4v) is 4.51. The zero-order valence-electron chi connectivity index (χ0n) is 16.8. The van der Waals surface area contributed by atoms with Gasteiger partial charge in [0, 0.05) is 35.8 Å². The van der Waals surface area contributed by atoms with Crippen molar-refractivity contribution < 1.29 is 13.9 Å². The van der Waals surface area contributed by atoms with E-state index in [1.165, 1.54) is 6.07 Å². The second-order valence-corrected chi connectivity index (χ2v) is 8.40. The second kappa shape index (κ2) is 7.96. The highest BCUT2D eigenvalue weighted by Gasteiger charge is 2.29. The number of carbonyl (C=O) groups is 1. The van der Waals surface area contributed by atoms with Crippen molar-refractivity contribution in [2.45, 2.75) is 20.0 Å². The molecule has 0 spiro atoms. The highest BCUT2D eigenvalue weighted by Crippen LogP contribution is 2.33.